The van der Waals surface area contributed by atoms with Gasteiger partial charge in [0.25, 0.3) is 5.91 Å². The van der Waals surface area contributed by atoms with Crippen LogP contribution in [0.1, 0.15) is 39.5 Å². The van der Waals surface area contributed by atoms with Gasteiger partial charge in [0, 0.05) is 26.1 Å². The molecule has 1 amide bonds. The van der Waals surface area contributed by atoms with Crippen LogP contribution in [0, 0.1) is 0 Å². The minimum absolute atomic E-state index is 0.0567. The Morgan fingerprint density at radius 2 is 2.18 bits per heavy atom. The van der Waals surface area contributed by atoms with Gasteiger partial charge < -0.3 is 15.4 Å². The van der Waals surface area contributed by atoms with E-state index in [9.17, 15) is 4.79 Å². The molecule has 0 saturated heterocycles. The van der Waals surface area contributed by atoms with E-state index in [0.29, 0.717) is 30.4 Å². The van der Waals surface area contributed by atoms with Gasteiger partial charge in [-0.25, -0.2) is 0 Å². The van der Waals surface area contributed by atoms with Gasteiger partial charge in [0.1, 0.15) is 5.60 Å². The summed E-state index contributed by atoms with van der Waals surface area (Å²) in [4.78, 5) is 14.8. The molecular weight excluding hydrogens is 236 g/mol. The van der Waals surface area contributed by atoms with Crippen LogP contribution >= 0.6 is 12.2 Å². The standard InChI is InChI=1S/C12H22N2O2S/c1-4-12(2,16-3)11(15)14(9-5-6-9)8-7-10(13)17/h9H,4-8H2,1-3H3,(H2,13,17). The molecule has 0 aliphatic heterocycles. The molecule has 4 nitrogen and oxygen atoms in total. The highest BCUT2D eigenvalue weighted by atomic mass is 32.1. The molecule has 0 aromatic rings. The second-order valence-electron chi connectivity index (χ2n) is 4.73. The summed E-state index contributed by atoms with van der Waals surface area (Å²) in [6, 6.07) is 0.359. The van der Waals surface area contributed by atoms with Crippen LogP contribution in [0.15, 0.2) is 0 Å². The van der Waals surface area contributed by atoms with Gasteiger partial charge >= 0.3 is 0 Å². The van der Waals surface area contributed by atoms with Crippen LogP contribution in [0.3, 0.4) is 0 Å². The lowest BCUT2D eigenvalue weighted by molar-refractivity contribution is -0.153. The highest BCUT2D eigenvalue weighted by Crippen LogP contribution is 2.30. The third kappa shape index (κ3) is 3.64. The van der Waals surface area contributed by atoms with Crippen molar-refractivity contribution in [3.05, 3.63) is 0 Å². The molecule has 0 aromatic heterocycles. The van der Waals surface area contributed by atoms with Crippen molar-refractivity contribution < 1.29 is 9.53 Å². The first kappa shape index (κ1) is 14.4. The fraction of sp³-hybridized carbons (Fsp3) is 0.833. The quantitative estimate of drug-likeness (QED) is 0.703. The smallest absolute Gasteiger partial charge is 0.254 e. The summed E-state index contributed by atoms with van der Waals surface area (Å²) in [6.07, 6.45) is 3.40. The zero-order valence-corrected chi connectivity index (χ0v) is 11.7. The molecule has 0 bridgehead atoms. The minimum atomic E-state index is -0.723. The van der Waals surface area contributed by atoms with Gasteiger partial charge in [-0.1, -0.05) is 19.1 Å². The number of nitrogens with two attached hydrogens (primary N) is 1. The van der Waals surface area contributed by atoms with Crippen molar-refractivity contribution in [3.63, 3.8) is 0 Å². The first-order valence-corrected chi connectivity index (χ1v) is 6.50. The number of carbonyl (C=O) groups is 1. The van der Waals surface area contributed by atoms with Crippen molar-refractivity contribution in [2.24, 2.45) is 5.73 Å². The first-order valence-electron chi connectivity index (χ1n) is 6.09. The summed E-state index contributed by atoms with van der Waals surface area (Å²) >= 11 is 4.87. The molecule has 1 saturated carbocycles. The van der Waals surface area contributed by atoms with Crippen LogP contribution in [0.25, 0.3) is 0 Å². The van der Waals surface area contributed by atoms with E-state index in [1.807, 2.05) is 18.7 Å². The average Bonchev–Trinajstić information content (AvgIpc) is 3.12. The van der Waals surface area contributed by atoms with Crippen LogP contribution in [0.4, 0.5) is 0 Å². The lowest BCUT2D eigenvalue weighted by Crippen LogP contribution is -2.49. The molecule has 0 radical (unpaired) electrons. The number of rotatable bonds is 7. The molecule has 2 N–H and O–H groups in total. The zero-order valence-electron chi connectivity index (χ0n) is 10.9. The van der Waals surface area contributed by atoms with E-state index in [4.69, 9.17) is 22.7 Å². The molecular formula is C12H22N2O2S. The Kier molecular flexibility index (Phi) is 4.89. The number of ether oxygens (including phenoxy) is 1. The predicted molar refractivity (Wildman–Crippen MR) is 71.8 cm³/mol. The van der Waals surface area contributed by atoms with E-state index in [-0.39, 0.29) is 5.91 Å². The van der Waals surface area contributed by atoms with Gasteiger partial charge in [0.05, 0.1) is 4.99 Å². The lowest BCUT2D eigenvalue weighted by Gasteiger charge is -2.33. The molecule has 0 aromatic carbocycles. The van der Waals surface area contributed by atoms with E-state index >= 15 is 0 Å². The Labute approximate surface area is 108 Å². The summed E-state index contributed by atoms with van der Waals surface area (Å²) in [7, 11) is 1.58. The van der Waals surface area contributed by atoms with Gasteiger partial charge in [-0.15, -0.1) is 0 Å². The van der Waals surface area contributed by atoms with Crippen LogP contribution in [0.2, 0.25) is 0 Å². The second-order valence-corrected chi connectivity index (χ2v) is 5.26. The maximum Gasteiger partial charge on any atom is 0.254 e. The Hall–Kier alpha value is -0.680. The van der Waals surface area contributed by atoms with E-state index in [1.54, 1.807) is 7.11 Å². The molecule has 98 valence electrons. The number of nitrogens with zero attached hydrogens (tertiary/aromatic N) is 1. The first-order chi connectivity index (χ1) is 7.94. The Morgan fingerprint density at radius 3 is 2.53 bits per heavy atom. The average molecular weight is 258 g/mol. The summed E-state index contributed by atoms with van der Waals surface area (Å²) in [5, 5.41) is 0. The van der Waals surface area contributed by atoms with Crippen molar-refractivity contribution in [2.45, 2.75) is 51.2 Å². The monoisotopic (exact) mass is 258 g/mol. The van der Waals surface area contributed by atoms with Gasteiger partial charge in [-0.3, -0.25) is 4.79 Å². The largest absolute Gasteiger partial charge is 0.393 e. The number of methoxy groups -OCH3 is 1. The maximum atomic E-state index is 12.4. The SMILES string of the molecule is CCC(C)(OC)C(=O)N(CCC(N)=S)C1CC1. The van der Waals surface area contributed by atoms with Crippen molar-refractivity contribution in [1.82, 2.24) is 4.90 Å². The second kappa shape index (κ2) is 5.78. The summed E-state index contributed by atoms with van der Waals surface area (Å²) in [5.41, 5.74) is 4.77. The zero-order chi connectivity index (χ0) is 13.1. The van der Waals surface area contributed by atoms with Gasteiger partial charge in [0.15, 0.2) is 0 Å². The van der Waals surface area contributed by atoms with Crippen LogP contribution < -0.4 is 5.73 Å². The number of hydrogen-bond donors (Lipinski definition) is 1. The summed E-state index contributed by atoms with van der Waals surface area (Å²) in [6.45, 7) is 4.41. The molecule has 1 atom stereocenters. The number of hydrogen-bond acceptors (Lipinski definition) is 3. The van der Waals surface area contributed by atoms with Crippen molar-refractivity contribution >= 4 is 23.1 Å². The normalized spacial score (nSPS) is 18.5. The number of thiocarbonyl (C=S) groups is 1. The molecule has 1 rings (SSSR count). The van der Waals surface area contributed by atoms with Crippen molar-refractivity contribution in [3.8, 4) is 0 Å². The van der Waals surface area contributed by atoms with Gasteiger partial charge in [-0.05, 0) is 26.2 Å². The summed E-state index contributed by atoms with van der Waals surface area (Å²) in [5.74, 6) is 0.0567. The Bertz CT molecular complexity index is 299. The number of carbonyl (C=O) groups excluding carboxylic acids is 1. The molecule has 17 heavy (non-hydrogen) atoms. The fourth-order valence-corrected chi connectivity index (χ4v) is 1.84. The third-order valence-electron chi connectivity index (χ3n) is 3.43. The highest BCUT2D eigenvalue weighted by Gasteiger charge is 2.41. The Balaban J connectivity index is 2.69. The highest BCUT2D eigenvalue weighted by molar-refractivity contribution is 7.80. The third-order valence-corrected chi connectivity index (χ3v) is 3.63. The van der Waals surface area contributed by atoms with Crippen molar-refractivity contribution in [2.75, 3.05) is 13.7 Å². The molecule has 5 heteroatoms. The van der Waals surface area contributed by atoms with Crippen LogP contribution in [-0.2, 0) is 9.53 Å². The van der Waals surface area contributed by atoms with E-state index in [1.165, 1.54) is 0 Å². The molecule has 1 aliphatic carbocycles. The molecule has 0 heterocycles. The molecule has 1 aliphatic rings. The molecule has 0 spiro atoms. The van der Waals surface area contributed by atoms with E-state index in [2.05, 4.69) is 0 Å². The van der Waals surface area contributed by atoms with Gasteiger partial charge in [0.2, 0.25) is 0 Å². The van der Waals surface area contributed by atoms with E-state index in [0.717, 1.165) is 12.8 Å². The molecule has 1 unspecified atom stereocenters. The van der Waals surface area contributed by atoms with Crippen molar-refractivity contribution in [1.29, 1.82) is 0 Å². The number of amides is 1. The maximum absolute atomic E-state index is 12.4. The lowest BCUT2D eigenvalue weighted by atomic mass is 10.0. The van der Waals surface area contributed by atoms with Crippen LogP contribution in [0.5, 0.6) is 0 Å². The summed E-state index contributed by atoms with van der Waals surface area (Å²) < 4.78 is 5.36. The minimum Gasteiger partial charge on any atom is -0.393 e. The van der Waals surface area contributed by atoms with Gasteiger partial charge in [-0.2, -0.15) is 0 Å². The van der Waals surface area contributed by atoms with Crippen LogP contribution in [-0.4, -0.2) is 41.1 Å². The molecule has 1 fully saturated rings. The Morgan fingerprint density at radius 1 is 1.59 bits per heavy atom. The van der Waals surface area contributed by atoms with E-state index < -0.39 is 5.60 Å². The fourth-order valence-electron chi connectivity index (χ4n) is 1.75. The topological polar surface area (TPSA) is 55.6 Å². The predicted octanol–water partition coefficient (Wildman–Crippen LogP) is 1.47.